The molecule has 0 saturated heterocycles. The van der Waals surface area contributed by atoms with Crippen LogP contribution in [0.3, 0.4) is 0 Å². The second kappa shape index (κ2) is 4.97. The fourth-order valence-corrected chi connectivity index (χ4v) is 3.64. The summed E-state index contributed by atoms with van der Waals surface area (Å²) >= 11 is 0. The Balaban J connectivity index is 2.00. The highest BCUT2D eigenvalue weighted by molar-refractivity contribution is 6.22. The molecule has 114 valence electrons. The molecule has 5 aromatic rings. The highest BCUT2D eigenvalue weighted by Crippen LogP contribution is 2.40. The molecule has 0 radical (unpaired) electrons. The quantitative estimate of drug-likeness (QED) is 0.335. The van der Waals surface area contributed by atoms with Crippen molar-refractivity contribution in [1.29, 1.82) is 0 Å². The lowest BCUT2D eigenvalue weighted by Crippen LogP contribution is -1.81. The predicted octanol–water partition coefficient (Wildman–Crippen LogP) is 6.71. The summed E-state index contributed by atoms with van der Waals surface area (Å²) in [6.07, 6.45) is 0. The average Bonchev–Trinajstić information content (AvgIpc) is 3.01. The molecule has 1 aromatic heterocycles. The molecule has 0 aliphatic rings. The molecular weight excluding hydrogens is 292 g/mol. The molecule has 5 rings (SSSR count). The van der Waals surface area contributed by atoms with Crippen LogP contribution >= 0.6 is 0 Å². The standard InChI is InChI=1S/C23H16O/c1-15-6-4-8-17(14-15)19-10-5-11-20-23(19)22-18-9-3-2-7-16(18)12-13-21(22)24-20/h2-14H,1H3. The van der Waals surface area contributed by atoms with Crippen LogP contribution in [0.4, 0.5) is 0 Å². The SMILES string of the molecule is Cc1cccc(-c2cccc3oc4ccc5ccccc5c4c23)c1. The minimum absolute atomic E-state index is 0.945. The first-order valence-electron chi connectivity index (χ1n) is 8.21. The van der Waals surface area contributed by atoms with Crippen molar-refractivity contribution in [1.82, 2.24) is 0 Å². The molecule has 1 heterocycles. The normalized spacial score (nSPS) is 11.5. The van der Waals surface area contributed by atoms with Gasteiger partial charge in [0.2, 0.25) is 0 Å². The van der Waals surface area contributed by atoms with Gasteiger partial charge in [-0.1, -0.05) is 72.3 Å². The largest absolute Gasteiger partial charge is 0.456 e. The van der Waals surface area contributed by atoms with Crippen LogP contribution in [0, 0.1) is 6.92 Å². The van der Waals surface area contributed by atoms with E-state index >= 15 is 0 Å². The van der Waals surface area contributed by atoms with E-state index < -0.39 is 0 Å². The summed E-state index contributed by atoms with van der Waals surface area (Å²) in [6.45, 7) is 2.13. The Hall–Kier alpha value is -3.06. The zero-order valence-electron chi connectivity index (χ0n) is 13.4. The third kappa shape index (κ3) is 1.88. The van der Waals surface area contributed by atoms with Gasteiger partial charge >= 0.3 is 0 Å². The number of hydrogen-bond donors (Lipinski definition) is 0. The summed E-state index contributed by atoms with van der Waals surface area (Å²) in [4.78, 5) is 0. The van der Waals surface area contributed by atoms with Crippen molar-refractivity contribution in [2.75, 3.05) is 0 Å². The fourth-order valence-electron chi connectivity index (χ4n) is 3.64. The van der Waals surface area contributed by atoms with Crippen LogP contribution in [-0.4, -0.2) is 0 Å². The summed E-state index contributed by atoms with van der Waals surface area (Å²) in [5, 5.41) is 4.90. The Morgan fingerprint density at radius 2 is 1.50 bits per heavy atom. The lowest BCUT2D eigenvalue weighted by atomic mass is 9.96. The molecule has 0 N–H and O–H groups in total. The molecule has 1 heteroatoms. The third-order valence-electron chi connectivity index (χ3n) is 4.72. The maximum absolute atomic E-state index is 6.15. The van der Waals surface area contributed by atoms with Gasteiger partial charge in [-0.2, -0.15) is 0 Å². The smallest absolute Gasteiger partial charge is 0.136 e. The molecular formula is C23H16O. The monoisotopic (exact) mass is 308 g/mol. The minimum atomic E-state index is 0.945. The first-order valence-corrected chi connectivity index (χ1v) is 8.21. The van der Waals surface area contributed by atoms with Crippen LogP contribution < -0.4 is 0 Å². The Morgan fingerprint density at radius 1 is 0.667 bits per heavy atom. The van der Waals surface area contributed by atoms with Gasteiger partial charge in [0.1, 0.15) is 11.2 Å². The number of furan rings is 1. The number of rotatable bonds is 1. The molecule has 0 atom stereocenters. The second-order valence-corrected chi connectivity index (χ2v) is 6.31. The van der Waals surface area contributed by atoms with Crippen LogP contribution in [0.15, 0.2) is 83.3 Å². The van der Waals surface area contributed by atoms with Crippen molar-refractivity contribution in [3.8, 4) is 11.1 Å². The van der Waals surface area contributed by atoms with Gasteiger partial charge in [-0.3, -0.25) is 0 Å². The third-order valence-corrected chi connectivity index (χ3v) is 4.72. The van der Waals surface area contributed by atoms with Gasteiger partial charge in [-0.25, -0.2) is 0 Å². The van der Waals surface area contributed by atoms with Crippen LogP contribution in [0.1, 0.15) is 5.56 Å². The van der Waals surface area contributed by atoms with Gasteiger partial charge in [0.15, 0.2) is 0 Å². The van der Waals surface area contributed by atoms with Gasteiger partial charge in [-0.05, 0) is 41.0 Å². The minimum Gasteiger partial charge on any atom is -0.456 e. The molecule has 4 aromatic carbocycles. The summed E-state index contributed by atoms with van der Waals surface area (Å²) in [6, 6.07) is 27.7. The molecule has 0 saturated carbocycles. The molecule has 0 aliphatic carbocycles. The van der Waals surface area contributed by atoms with Crippen molar-refractivity contribution >= 4 is 32.7 Å². The van der Waals surface area contributed by atoms with Crippen molar-refractivity contribution in [2.45, 2.75) is 6.92 Å². The van der Waals surface area contributed by atoms with Gasteiger partial charge in [0.25, 0.3) is 0 Å². The van der Waals surface area contributed by atoms with E-state index in [0.29, 0.717) is 0 Å². The van der Waals surface area contributed by atoms with Gasteiger partial charge < -0.3 is 4.42 Å². The number of benzene rings is 4. The van der Waals surface area contributed by atoms with Crippen molar-refractivity contribution in [3.05, 3.63) is 84.4 Å². The Kier molecular flexibility index (Phi) is 2.77. The number of aryl methyl sites for hydroxylation is 1. The van der Waals surface area contributed by atoms with Crippen LogP contribution in [-0.2, 0) is 0 Å². The first-order chi connectivity index (χ1) is 11.8. The van der Waals surface area contributed by atoms with Crippen molar-refractivity contribution in [3.63, 3.8) is 0 Å². The van der Waals surface area contributed by atoms with E-state index in [0.717, 1.165) is 11.2 Å². The van der Waals surface area contributed by atoms with E-state index in [1.807, 2.05) is 0 Å². The summed E-state index contributed by atoms with van der Waals surface area (Å²) in [5.41, 5.74) is 5.62. The summed E-state index contributed by atoms with van der Waals surface area (Å²) in [5.74, 6) is 0. The zero-order chi connectivity index (χ0) is 16.1. The van der Waals surface area contributed by atoms with Gasteiger partial charge in [0, 0.05) is 10.8 Å². The van der Waals surface area contributed by atoms with Crippen LogP contribution in [0.2, 0.25) is 0 Å². The Morgan fingerprint density at radius 3 is 2.42 bits per heavy atom. The van der Waals surface area contributed by atoms with E-state index in [1.165, 1.54) is 38.2 Å². The second-order valence-electron chi connectivity index (χ2n) is 6.31. The summed E-state index contributed by atoms with van der Waals surface area (Å²) in [7, 11) is 0. The maximum atomic E-state index is 6.15. The highest BCUT2D eigenvalue weighted by Gasteiger charge is 2.14. The van der Waals surface area contributed by atoms with Crippen LogP contribution in [0.25, 0.3) is 43.8 Å². The van der Waals surface area contributed by atoms with Crippen molar-refractivity contribution in [2.24, 2.45) is 0 Å². The molecule has 0 aliphatic heterocycles. The van der Waals surface area contributed by atoms with Gasteiger partial charge in [-0.15, -0.1) is 0 Å². The first kappa shape index (κ1) is 13.4. The van der Waals surface area contributed by atoms with Crippen molar-refractivity contribution < 1.29 is 4.42 Å². The molecule has 0 amide bonds. The van der Waals surface area contributed by atoms with E-state index in [-0.39, 0.29) is 0 Å². The van der Waals surface area contributed by atoms with Gasteiger partial charge in [0.05, 0.1) is 0 Å². The van der Waals surface area contributed by atoms with E-state index in [2.05, 4.69) is 85.8 Å². The predicted molar refractivity (Wildman–Crippen MR) is 101 cm³/mol. The zero-order valence-corrected chi connectivity index (χ0v) is 13.4. The molecule has 0 fully saturated rings. The molecule has 0 bridgehead atoms. The Bertz CT molecular complexity index is 1210. The molecule has 24 heavy (non-hydrogen) atoms. The maximum Gasteiger partial charge on any atom is 0.136 e. The van der Waals surface area contributed by atoms with Crippen LogP contribution in [0.5, 0.6) is 0 Å². The van der Waals surface area contributed by atoms with E-state index in [4.69, 9.17) is 4.42 Å². The lowest BCUT2D eigenvalue weighted by Gasteiger charge is -2.06. The average molecular weight is 308 g/mol. The summed E-state index contributed by atoms with van der Waals surface area (Å²) < 4.78 is 6.15. The van der Waals surface area contributed by atoms with E-state index in [1.54, 1.807) is 0 Å². The number of hydrogen-bond acceptors (Lipinski definition) is 1. The molecule has 0 unspecified atom stereocenters. The lowest BCUT2D eigenvalue weighted by molar-refractivity contribution is 0.669. The Labute approximate surface area is 140 Å². The topological polar surface area (TPSA) is 13.1 Å². The number of fused-ring (bicyclic) bond motifs is 5. The van der Waals surface area contributed by atoms with E-state index in [9.17, 15) is 0 Å². The molecule has 0 spiro atoms. The highest BCUT2D eigenvalue weighted by atomic mass is 16.3. The fraction of sp³-hybridized carbons (Fsp3) is 0.0435. The molecule has 1 nitrogen and oxygen atoms in total.